The topological polar surface area (TPSA) is 107 Å². The zero-order valence-corrected chi connectivity index (χ0v) is 19.2. The highest BCUT2D eigenvalue weighted by molar-refractivity contribution is 6.10. The van der Waals surface area contributed by atoms with E-state index in [4.69, 9.17) is 10.1 Å². The second-order valence-corrected chi connectivity index (χ2v) is 8.30. The van der Waals surface area contributed by atoms with Crippen LogP contribution in [0.1, 0.15) is 31.0 Å². The van der Waals surface area contributed by atoms with Crippen LogP contribution >= 0.6 is 0 Å². The smallest absolute Gasteiger partial charge is 0.319 e. The van der Waals surface area contributed by atoms with Gasteiger partial charge in [0.1, 0.15) is 5.82 Å². The molecule has 1 aliphatic rings. The molecule has 0 saturated carbocycles. The van der Waals surface area contributed by atoms with Gasteiger partial charge < -0.3 is 31.0 Å². The molecule has 1 saturated heterocycles. The molecule has 174 valence electrons. The van der Waals surface area contributed by atoms with Crippen LogP contribution in [-0.2, 0) is 16.1 Å². The van der Waals surface area contributed by atoms with E-state index >= 15 is 0 Å². The highest BCUT2D eigenvalue weighted by Crippen LogP contribution is 2.30. The highest BCUT2D eigenvalue weighted by Gasteiger charge is 2.45. The number of hydrogen-bond acceptors (Lipinski definition) is 5. The summed E-state index contributed by atoms with van der Waals surface area (Å²) in [5, 5.41) is 17.2. The van der Waals surface area contributed by atoms with Gasteiger partial charge in [0.15, 0.2) is 0 Å². The summed E-state index contributed by atoms with van der Waals surface area (Å²) < 4.78 is 5.94. The maximum Gasteiger partial charge on any atom is 0.319 e. The van der Waals surface area contributed by atoms with Gasteiger partial charge in [-0.15, -0.1) is 0 Å². The third kappa shape index (κ3) is 5.59. The number of likely N-dealkylation sites (tertiary alicyclic amines) is 1. The fourth-order valence-electron chi connectivity index (χ4n) is 3.84. The molecule has 33 heavy (non-hydrogen) atoms. The maximum atomic E-state index is 13.4. The molecule has 1 fully saturated rings. The van der Waals surface area contributed by atoms with Crippen molar-refractivity contribution in [1.29, 1.82) is 5.41 Å². The van der Waals surface area contributed by atoms with Crippen LogP contribution in [0.3, 0.4) is 0 Å². The molecule has 8 heteroatoms. The van der Waals surface area contributed by atoms with Gasteiger partial charge in [-0.25, -0.2) is 4.79 Å². The summed E-state index contributed by atoms with van der Waals surface area (Å²) in [6, 6.07) is 18.9. The van der Waals surface area contributed by atoms with Crippen LogP contribution in [0.4, 0.5) is 4.79 Å². The third-order valence-corrected chi connectivity index (χ3v) is 5.80. The average Bonchev–Trinajstić information content (AvgIpc) is 3.07. The molecule has 4 N–H and O–H groups in total. The zero-order valence-electron chi connectivity index (χ0n) is 19.2. The number of nitrogens with one attached hydrogen (secondary N) is 4. The largest absolute Gasteiger partial charge is 0.374 e. The molecule has 0 aromatic heterocycles. The molecule has 1 unspecified atom stereocenters. The Labute approximate surface area is 194 Å². The van der Waals surface area contributed by atoms with E-state index in [0.717, 1.165) is 11.1 Å². The van der Waals surface area contributed by atoms with E-state index in [0.29, 0.717) is 31.0 Å². The van der Waals surface area contributed by atoms with Gasteiger partial charge in [0.25, 0.3) is 0 Å². The lowest BCUT2D eigenvalue weighted by atomic mass is 9.97. The number of ether oxygens (including phenoxy) is 1. The van der Waals surface area contributed by atoms with Crippen molar-refractivity contribution in [2.45, 2.75) is 32.0 Å². The molecule has 3 rings (SSSR count). The molecule has 3 amide bonds. The van der Waals surface area contributed by atoms with Crippen LogP contribution in [0, 0.1) is 5.41 Å². The number of benzene rings is 2. The number of hydrogen-bond donors (Lipinski definition) is 4. The van der Waals surface area contributed by atoms with E-state index in [1.54, 1.807) is 11.9 Å². The normalized spacial score (nSPS) is 17.3. The third-order valence-electron chi connectivity index (χ3n) is 5.80. The van der Waals surface area contributed by atoms with Crippen LogP contribution < -0.4 is 16.0 Å². The fraction of sp³-hybridized carbons (Fsp3) is 0.320. The summed E-state index contributed by atoms with van der Waals surface area (Å²) in [6.07, 6.45) is 0.553. The minimum Gasteiger partial charge on any atom is -0.374 e. The molecular weight excluding hydrogens is 418 g/mol. The van der Waals surface area contributed by atoms with Crippen molar-refractivity contribution < 1.29 is 14.3 Å². The molecule has 2 aromatic carbocycles. The maximum absolute atomic E-state index is 13.4. The second-order valence-electron chi connectivity index (χ2n) is 8.30. The molecular formula is C25H31N5O3. The minimum atomic E-state index is -0.849. The molecule has 2 aromatic rings. The zero-order chi connectivity index (χ0) is 23.8. The number of carbonyl (C=O) groups excluding carboxylic acids is 2. The fourth-order valence-corrected chi connectivity index (χ4v) is 3.84. The predicted molar refractivity (Wildman–Crippen MR) is 128 cm³/mol. The van der Waals surface area contributed by atoms with E-state index in [-0.39, 0.29) is 24.3 Å². The Bertz CT molecular complexity index is 1010. The monoisotopic (exact) mass is 449 g/mol. The molecule has 0 spiro atoms. The van der Waals surface area contributed by atoms with Crippen molar-refractivity contribution >= 4 is 18.2 Å². The van der Waals surface area contributed by atoms with Crippen molar-refractivity contribution in [3.63, 3.8) is 0 Å². The lowest BCUT2D eigenvalue weighted by molar-refractivity contribution is -0.109. The van der Waals surface area contributed by atoms with Gasteiger partial charge in [0, 0.05) is 12.6 Å². The van der Waals surface area contributed by atoms with E-state index in [2.05, 4.69) is 16.0 Å². The van der Waals surface area contributed by atoms with Crippen LogP contribution in [0.5, 0.6) is 0 Å². The lowest BCUT2D eigenvalue weighted by Crippen LogP contribution is -2.51. The van der Waals surface area contributed by atoms with Crippen molar-refractivity contribution in [3.05, 3.63) is 83.2 Å². The average molecular weight is 450 g/mol. The Kier molecular flexibility index (Phi) is 7.84. The van der Waals surface area contributed by atoms with Crippen molar-refractivity contribution in [1.82, 2.24) is 20.9 Å². The lowest BCUT2D eigenvalue weighted by Gasteiger charge is -2.32. The van der Waals surface area contributed by atoms with Gasteiger partial charge in [-0.3, -0.25) is 4.79 Å². The van der Waals surface area contributed by atoms with Gasteiger partial charge in [-0.05, 0) is 25.0 Å². The Balaban J connectivity index is 1.77. The predicted octanol–water partition coefficient (Wildman–Crippen LogP) is 2.95. The number of nitrogens with zero attached hydrogens (tertiary/aromatic N) is 1. The Morgan fingerprint density at radius 2 is 1.79 bits per heavy atom. The van der Waals surface area contributed by atoms with Crippen LogP contribution in [-0.4, -0.2) is 48.8 Å². The van der Waals surface area contributed by atoms with Crippen molar-refractivity contribution in [2.75, 3.05) is 20.2 Å². The second kappa shape index (κ2) is 10.8. The first-order valence-electron chi connectivity index (χ1n) is 10.8. The Hall–Kier alpha value is -3.65. The number of amides is 3. The van der Waals surface area contributed by atoms with Gasteiger partial charge in [-0.2, -0.15) is 0 Å². The van der Waals surface area contributed by atoms with Gasteiger partial charge in [-0.1, -0.05) is 60.7 Å². The molecule has 0 bridgehead atoms. The molecule has 1 aliphatic heterocycles. The first-order chi connectivity index (χ1) is 15.9. The van der Waals surface area contributed by atoms with Crippen LogP contribution in [0.15, 0.2) is 72.1 Å². The summed E-state index contributed by atoms with van der Waals surface area (Å²) in [4.78, 5) is 25.9. The van der Waals surface area contributed by atoms with Crippen LogP contribution in [0.2, 0.25) is 0 Å². The summed E-state index contributed by atoms with van der Waals surface area (Å²) in [5.41, 5.74) is 1.98. The SMILES string of the molecule is CN/C(NC=O)=C1\CN(C(=O)NC(COCc2ccccc2)c2ccccc2)C(C)(C)C1=N. The summed E-state index contributed by atoms with van der Waals surface area (Å²) in [5.74, 6) is 0.421. The summed E-state index contributed by atoms with van der Waals surface area (Å²) in [7, 11) is 1.66. The van der Waals surface area contributed by atoms with Gasteiger partial charge >= 0.3 is 6.03 Å². The molecule has 8 nitrogen and oxygen atoms in total. The Morgan fingerprint density at radius 3 is 2.39 bits per heavy atom. The summed E-state index contributed by atoms with van der Waals surface area (Å²) in [6.45, 7) is 4.57. The first-order valence-corrected chi connectivity index (χ1v) is 10.8. The number of carbonyl (C=O) groups is 2. The van der Waals surface area contributed by atoms with E-state index in [1.807, 2.05) is 74.5 Å². The first kappa shape index (κ1) is 24.0. The summed E-state index contributed by atoms with van der Waals surface area (Å²) >= 11 is 0. The van der Waals surface area contributed by atoms with Crippen LogP contribution in [0.25, 0.3) is 0 Å². The molecule has 0 aliphatic carbocycles. The molecule has 0 radical (unpaired) electrons. The van der Waals surface area contributed by atoms with Crippen molar-refractivity contribution in [2.24, 2.45) is 0 Å². The van der Waals surface area contributed by atoms with E-state index < -0.39 is 5.54 Å². The van der Waals surface area contributed by atoms with E-state index in [9.17, 15) is 9.59 Å². The van der Waals surface area contributed by atoms with Gasteiger partial charge in [0.2, 0.25) is 6.41 Å². The number of rotatable bonds is 9. The standard InChI is InChI=1S/C25H31N5O3/c1-25(2)22(26)20(23(27-3)28-17-31)14-30(25)24(32)29-21(19-12-8-5-9-13-19)16-33-15-18-10-6-4-7-11-18/h4-13,17,21,26-27H,14-16H2,1-3H3,(H,28,31)(H,29,32)/b23-20-,26-22?. The Morgan fingerprint density at radius 1 is 1.15 bits per heavy atom. The highest BCUT2D eigenvalue weighted by atomic mass is 16.5. The van der Waals surface area contributed by atoms with E-state index in [1.165, 1.54) is 0 Å². The van der Waals surface area contributed by atoms with Gasteiger partial charge in [0.05, 0.1) is 37.1 Å². The minimum absolute atomic E-state index is 0.195. The molecule has 1 atom stereocenters. The van der Waals surface area contributed by atoms with Crippen molar-refractivity contribution in [3.8, 4) is 0 Å². The molecule has 1 heterocycles. The quantitative estimate of drug-likeness (QED) is 0.442. The number of urea groups is 1.